The second-order valence-electron chi connectivity index (χ2n) is 6.25. The van der Waals surface area contributed by atoms with Crippen LogP contribution in [0.3, 0.4) is 0 Å². The van der Waals surface area contributed by atoms with Gasteiger partial charge in [-0.2, -0.15) is 0 Å². The Bertz CT molecular complexity index is 836. The van der Waals surface area contributed by atoms with Crippen LogP contribution in [0.2, 0.25) is 10.0 Å². The van der Waals surface area contributed by atoms with Gasteiger partial charge < -0.3 is 9.84 Å². The zero-order valence-electron chi connectivity index (χ0n) is 15.1. The molecule has 0 aliphatic rings. The van der Waals surface area contributed by atoms with E-state index in [4.69, 9.17) is 27.9 Å². The first-order chi connectivity index (χ1) is 13.4. The molecule has 0 heterocycles. The summed E-state index contributed by atoms with van der Waals surface area (Å²) < 4.78 is 5.49. The Hall–Kier alpha value is -2.21. The van der Waals surface area contributed by atoms with Crippen molar-refractivity contribution in [2.45, 2.75) is 25.9 Å². The number of Topliss-reactive ketones (excluding diaryl/α,β-unsaturated/α-hetero) is 2. The number of hydrogen-bond donors (Lipinski definition) is 1. The molecule has 148 valence electrons. The lowest BCUT2D eigenvalue weighted by atomic mass is 9.92. The topological polar surface area (TPSA) is 80.7 Å². The molecule has 0 radical (unpaired) electrons. The number of carbonyl (C=O) groups excluding carboxylic acids is 2. The van der Waals surface area contributed by atoms with E-state index in [0.29, 0.717) is 24.7 Å². The van der Waals surface area contributed by atoms with Gasteiger partial charge in [-0.25, -0.2) is 0 Å². The molecule has 0 bridgehead atoms. The molecule has 2 aromatic rings. The van der Waals surface area contributed by atoms with Crippen LogP contribution in [-0.4, -0.2) is 29.2 Å². The van der Waals surface area contributed by atoms with Crippen molar-refractivity contribution in [3.8, 4) is 0 Å². The van der Waals surface area contributed by atoms with Gasteiger partial charge in [0.1, 0.15) is 11.7 Å². The minimum atomic E-state index is -1.41. The lowest BCUT2D eigenvalue weighted by molar-refractivity contribution is -0.146. The summed E-state index contributed by atoms with van der Waals surface area (Å²) >= 11 is 11.8. The van der Waals surface area contributed by atoms with Crippen LogP contribution in [0.25, 0.3) is 0 Å². The number of hydrogen-bond acceptors (Lipinski definition) is 4. The van der Waals surface area contributed by atoms with Crippen molar-refractivity contribution in [1.29, 1.82) is 0 Å². The molecule has 28 heavy (non-hydrogen) atoms. The van der Waals surface area contributed by atoms with E-state index in [0.717, 1.165) is 5.56 Å². The Labute approximate surface area is 173 Å². The summed E-state index contributed by atoms with van der Waals surface area (Å²) in [4.78, 5) is 36.1. The average Bonchev–Trinajstić information content (AvgIpc) is 2.66. The monoisotopic (exact) mass is 422 g/mol. The highest BCUT2D eigenvalue weighted by atomic mass is 35.5. The third-order valence-corrected chi connectivity index (χ3v) is 4.68. The van der Waals surface area contributed by atoms with Crippen molar-refractivity contribution in [3.63, 3.8) is 0 Å². The Morgan fingerprint density at radius 2 is 1.75 bits per heavy atom. The van der Waals surface area contributed by atoms with Gasteiger partial charge in [-0.05, 0) is 30.2 Å². The van der Waals surface area contributed by atoms with Crippen molar-refractivity contribution < 1.29 is 24.2 Å². The summed E-state index contributed by atoms with van der Waals surface area (Å²) in [6.45, 7) is 0.745. The Morgan fingerprint density at radius 3 is 2.39 bits per heavy atom. The number of carbonyl (C=O) groups is 3. The number of rotatable bonds is 11. The molecular formula is C21H20Cl2O5. The Balaban J connectivity index is 1.84. The van der Waals surface area contributed by atoms with Crippen molar-refractivity contribution in [3.05, 3.63) is 69.7 Å². The molecule has 0 amide bonds. The number of carboxylic acids is 1. The van der Waals surface area contributed by atoms with Crippen molar-refractivity contribution in [1.82, 2.24) is 0 Å². The smallest absolute Gasteiger partial charge is 0.314 e. The first-order valence-corrected chi connectivity index (χ1v) is 9.49. The van der Waals surface area contributed by atoms with E-state index in [-0.39, 0.29) is 17.0 Å². The molecule has 0 aliphatic heterocycles. The van der Waals surface area contributed by atoms with E-state index in [1.165, 1.54) is 18.2 Å². The molecular weight excluding hydrogens is 403 g/mol. The highest BCUT2D eigenvalue weighted by Crippen LogP contribution is 2.24. The van der Waals surface area contributed by atoms with Gasteiger partial charge in [-0.15, -0.1) is 0 Å². The number of aliphatic carboxylic acids is 1. The lowest BCUT2D eigenvalue weighted by Gasteiger charge is -2.12. The summed E-state index contributed by atoms with van der Waals surface area (Å²) in [6.07, 6.45) is -0.0425. The fraction of sp³-hybridized carbons (Fsp3) is 0.286. The Kier molecular flexibility index (Phi) is 8.64. The molecule has 0 fully saturated rings. The maximum absolute atomic E-state index is 12.4. The van der Waals surface area contributed by atoms with Gasteiger partial charge in [-0.3, -0.25) is 14.4 Å². The third kappa shape index (κ3) is 6.75. The molecule has 0 aliphatic carbocycles. The van der Waals surface area contributed by atoms with E-state index < -0.39 is 29.9 Å². The van der Waals surface area contributed by atoms with Gasteiger partial charge in [0.05, 0.1) is 11.6 Å². The van der Waals surface area contributed by atoms with Crippen LogP contribution in [0.4, 0.5) is 0 Å². The second kappa shape index (κ2) is 11.0. The summed E-state index contributed by atoms with van der Waals surface area (Å²) in [6, 6.07) is 13.9. The van der Waals surface area contributed by atoms with Gasteiger partial charge in [0.15, 0.2) is 5.78 Å². The molecule has 0 spiro atoms. The number of halogens is 2. The highest BCUT2D eigenvalue weighted by Gasteiger charge is 2.29. The number of ketones is 2. The van der Waals surface area contributed by atoms with Crippen LogP contribution in [-0.2, 0) is 20.9 Å². The third-order valence-electron chi connectivity index (χ3n) is 4.13. The molecule has 0 saturated carbocycles. The van der Waals surface area contributed by atoms with Crippen LogP contribution < -0.4 is 0 Å². The van der Waals surface area contributed by atoms with Crippen molar-refractivity contribution in [2.75, 3.05) is 6.61 Å². The van der Waals surface area contributed by atoms with E-state index in [9.17, 15) is 19.5 Å². The summed E-state index contributed by atoms with van der Waals surface area (Å²) in [5.41, 5.74) is 1.17. The molecule has 5 nitrogen and oxygen atoms in total. The maximum Gasteiger partial charge on any atom is 0.314 e. The van der Waals surface area contributed by atoms with Gasteiger partial charge >= 0.3 is 5.97 Å². The second-order valence-corrected chi connectivity index (χ2v) is 7.09. The molecule has 1 unspecified atom stereocenters. The van der Waals surface area contributed by atoms with Gasteiger partial charge in [0.2, 0.25) is 0 Å². The molecule has 7 heteroatoms. The fourth-order valence-corrected chi connectivity index (χ4v) is 3.15. The number of benzene rings is 2. The molecule has 0 aromatic heterocycles. The summed E-state index contributed by atoms with van der Waals surface area (Å²) in [5, 5.41) is 9.84. The first kappa shape index (κ1) is 22.1. The lowest BCUT2D eigenvalue weighted by Crippen LogP contribution is -2.27. The largest absolute Gasteiger partial charge is 0.481 e. The molecule has 2 aromatic carbocycles. The van der Waals surface area contributed by atoms with Crippen molar-refractivity contribution >= 4 is 40.7 Å². The fourth-order valence-electron chi connectivity index (χ4n) is 2.64. The maximum atomic E-state index is 12.4. The van der Waals surface area contributed by atoms with Crippen molar-refractivity contribution in [2.24, 2.45) is 5.92 Å². The molecule has 2 rings (SSSR count). The van der Waals surface area contributed by atoms with E-state index in [1.54, 1.807) is 0 Å². The van der Waals surface area contributed by atoms with E-state index >= 15 is 0 Å². The van der Waals surface area contributed by atoms with E-state index in [2.05, 4.69) is 0 Å². The van der Waals surface area contributed by atoms with Crippen LogP contribution in [0, 0.1) is 5.92 Å². The Morgan fingerprint density at radius 1 is 1.04 bits per heavy atom. The average molecular weight is 423 g/mol. The van der Waals surface area contributed by atoms with Gasteiger partial charge in [0, 0.05) is 30.0 Å². The summed E-state index contributed by atoms with van der Waals surface area (Å²) in [5.74, 6) is -3.75. The van der Waals surface area contributed by atoms with Crippen LogP contribution in [0.15, 0.2) is 48.5 Å². The minimum Gasteiger partial charge on any atom is -0.481 e. The number of carboxylic acid groups (broad SMARTS) is 1. The van der Waals surface area contributed by atoms with Gasteiger partial charge in [0.25, 0.3) is 0 Å². The summed E-state index contributed by atoms with van der Waals surface area (Å²) in [7, 11) is 0. The molecule has 1 atom stereocenters. The van der Waals surface area contributed by atoms with Gasteiger partial charge in [-0.1, -0.05) is 53.5 Å². The standard InChI is InChI=1S/C21H20Cl2O5/c22-15-8-9-16(18(23)11-15)20(25)12-17(21(26)27)19(24)7-4-10-28-13-14-5-2-1-3-6-14/h1-3,5-6,8-9,11,17H,4,7,10,12-13H2,(H,26,27). The number of ether oxygens (including phenoxy) is 1. The van der Waals surface area contributed by atoms with Crippen LogP contribution in [0.5, 0.6) is 0 Å². The molecule has 1 N–H and O–H groups in total. The quantitative estimate of drug-likeness (QED) is 0.318. The predicted octanol–water partition coefficient (Wildman–Crippen LogP) is 4.83. The normalized spacial score (nSPS) is 11.8. The van der Waals surface area contributed by atoms with Crippen LogP contribution >= 0.6 is 23.2 Å². The zero-order valence-corrected chi connectivity index (χ0v) is 16.6. The highest BCUT2D eigenvalue weighted by molar-refractivity contribution is 6.36. The first-order valence-electron chi connectivity index (χ1n) is 8.74. The SMILES string of the molecule is O=C(CC(C(=O)O)C(=O)CCCOCc1ccccc1)c1ccc(Cl)cc1Cl. The zero-order chi connectivity index (χ0) is 20.5. The predicted molar refractivity (Wildman–Crippen MR) is 107 cm³/mol. The van der Waals surface area contributed by atoms with Crippen LogP contribution in [0.1, 0.15) is 35.2 Å². The minimum absolute atomic E-state index is 0.0212. The van der Waals surface area contributed by atoms with E-state index in [1.807, 2.05) is 30.3 Å². The molecule has 0 saturated heterocycles.